The Kier molecular flexibility index (Phi) is 3.48. The fourth-order valence-corrected chi connectivity index (χ4v) is 1.79. The van der Waals surface area contributed by atoms with Gasteiger partial charge >= 0.3 is 0 Å². The molecule has 0 radical (unpaired) electrons. The zero-order valence-electron chi connectivity index (χ0n) is 12.5. The number of halogens is 1. The summed E-state index contributed by atoms with van der Waals surface area (Å²) in [6.45, 7) is 6.00. The van der Waals surface area contributed by atoms with Gasteiger partial charge in [-0.2, -0.15) is 4.98 Å². The first-order valence-electron chi connectivity index (χ1n) is 6.83. The zero-order valence-corrected chi connectivity index (χ0v) is 12.5. The molecule has 0 atom stereocenters. The molecule has 0 aliphatic heterocycles. The van der Waals surface area contributed by atoms with Crippen LogP contribution in [0.3, 0.4) is 0 Å². The normalized spacial score (nSPS) is 11.8. The monoisotopic (exact) mass is 302 g/mol. The molecule has 0 saturated heterocycles. The Morgan fingerprint density at radius 1 is 1.05 bits per heavy atom. The molecule has 3 rings (SSSR count). The van der Waals surface area contributed by atoms with Crippen molar-refractivity contribution in [3.63, 3.8) is 0 Å². The fourth-order valence-electron chi connectivity index (χ4n) is 1.79. The first kappa shape index (κ1) is 14.4. The largest absolute Gasteiger partial charge is 0.420 e. The van der Waals surface area contributed by atoms with E-state index in [1.807, 2.05) is 20.8 Å². The van der Waals surface area contributed by atoms with E-state index < -0.39 is 0 Å². The summed E-state index contributed by atoms with van der Waals surface area (Å²) in [6, 6.07) is 5.84. The smallest absolute Gasteiger partial charge is 0.247 e. The van der Waals surface area contributed by atoms with E-state index in [0.717, 1.165) is 0 Å². The second-order valence-corrected chi connectivity index (χ2v) is 5.95. The summed E-state index contributed by atoms with van der Waals surface area (Å²) in [6.07, 6.45) is 0.261. The minimum absolute atomic E-state index is 0.185. The third kappa shape index (κ3) is 3.03. The topological polar surface area (TPSA) is 77.8 Å². The highest BCUT2D eigenvalue weighted by Crippen LogP contribution is 2.21. The average Bonchev–Trinajstić information content (AvgIpc) is 3.09. The van der Waals surface area contributed by atoms with Gasteiger partial charge in [0.2, 0.25) is 17.7 Å². The van der Waals surface area contributed by atoms with Crippen LogP contribution in [0.1, 0.15) is 38.4 Å². The highest BCUT2D eigenvalue weighted by Gasteiger charge is 2.22. The second-order valence-electron chi connectivity index (χ2n) is 5.95. The molecule has 2 heterocycles. The third-order valence-electron chi connectivity index (χ3n) is 3.00. The van der Waals surface area contributed by atoms with E-state index in [4.69, 9.17) is 8.94 Å². The van der Waals surface area contributed by atoms with Gasteiger partial charge in [-0.15, -0.1) is 10.2 Å². The molecule has 3 aromatic rings. The van der Waals surface area contributed by atoms with Crippen molar-refractivity contribution in [3.8, 4) is 11.5 Å². The molecule has 0 amide bonds. The number of hydrogen-bond donors (Lipinski definition) is 0. The number of nitrogens with zero attached hydrogens (tertiary/aromatic N) is 4. The van der Waals surface area contributed by atoms with Crippen molar-refractivity contribution >= 4 is 0 Å². The van der Waals surface area contributed by atoms with E-state index in [9.17, 15) is 4.39 Å². The van der Waals surface area contributed by atoms with Gasteiger partial charge in [0.25, 0.3) is 0 Å². The predicted octanol–water partition coefficient (Wildman–Crippen LogP) is 3.15. The Balaban J connectivity index is 1.77. The molecule has 0 fully saturated rings. The lowest BCUT2D eigenvalue weighted by Gasteiger charge is -2.10. The number of rotatable bonds is 3. The molecule has 114 valence electrons. The van der Waals surface area contributed by atoms with Gasteiger partial charge < -0.3 is 8.94 Å². The van der Waals surface area contributed by atoms with Crippen molar-refractivity contribution in [2.24, 2.45) is 0 Å². The van der Waals surface area contributed by atoms with Gasteiger partial charge in [-0.3, -0.25) is 0 Å². The minimum atomic E-state index is -0.316. The maximum atomic E-state index is 12.9. The number of benzene rings is 1. The van der Waals surface area contributed by atoms with Crippen molar-refractivity contribution in [2.45, 2.75) is 32.6 Å². The highest BCUT2D eigenvalue weighted by molar-refractivity contribution is 5.51. The molecule has 0 unspecified atom stereocenters. The third-order valence-corrected chi connectivity index (χ3v) is 3.00. The Hall–Kier alpha value is -2.57. The van der Waals surface area contributed by atoms with E-state index in [0.29, 0.717) is 29.1 Å². The molecule has 1 aromatic carbocycles. The summed E-state index contributed by atoms with van der Waals surface area (Å²) >= 11 is 0. The molecule has 2 aromatic heterocycles. The van der Waals surface area contributed by atoms with Crippen molar-refractivity contribution in [1.29, 1.82) is 0 Å². The second kappa shape index (κ2) is 5.32. The van der Waals surface area contributed by atoms with Gasteiger partial charge in [-0.25, -0.2) is 4.39 Å². The summed E-state index contributed by atoms with van der Waals surface area (Å²) in [5.41, 5.74) is 0.469. The van der Waals surface area contributed by atoms with Crippen LogP contribution in [0, 0.1) is 5.82 Å². The predicted molar refractivity (Wildman–Crippen MR) is 75.5 cm³/mol. The van der Waals surface area contributed by atoms with Gasteiger partial charge in [0, 0.05) is 11.0 Å². The van der Waals surface area contributed by atoms with Crippen molar-refractivity contribution in [3.05, 3.63) is 47.7 Å². The molecule has 0 saturated carbocycles. The molecule has 6 nitrogen and oxygen atoms in total. The van der Waals surface area contributed by atoms with Crippen LogP contribution in [0.2, 0.25) is 0 Å². The lowest BCUT2D eigenvalue weighted by molar-refractivity contribution is 0.360. The van der Waals surface area contributed by atoms with Crippen LogP contribution >= 0.6 is 0 Å². The van der Waals surface area contributed by atoms with Gasteiger partial charge in [0.05, 0.1) is 0 Å². The summed E-state index contributed by atoms with van der Waals surface area (Å²) in [5.74, 6) is 1.41. The quantitative estimate of drug-likeness (QED) is 0.739. The molecule has 0 N–H and O–H groups in total. The lowest BCUT2D eigenvalue weighted by atomic mass is 9.96. The summed E-state index contributed by atoms with van der Waals surface area (Å²) < 4.78 is 23.6. The first-order chi connectivity index (χ1) is 10.4. The Morgan fingerprint density at radius 3 is 2.41 bits per heavy atom. The highest BCUT2D eigenvalue weighted by atomic mass is 19.1. The zero-order chi connectivity index (χ0) is 15.7. The van der Waals surface area contributed by atoms with Gasteiger partial charge in [-0.05, 0) is 24.3 Å². The van der Waals surface area contributed by atoms with E-state index in [-0.39, 0.29) is 17.7 Å². The van der Waals surface area contributed by atoms with Crippen LogP contribution in [0.5, 0.6) is 0 Å². The van der Waals surface area contributed by atoms with Crippen LogP contribution in [-0.4, -0.2) is 20.3 Å². The molecule has 0 bridgehead atoms. The minimum Gasteiger partial charge on any atom is -0.420 e. The maximum absolute atomic E-state index is 12.9. The molecule has 0 aliphatic carbocycles. The van der Waals surface area contributed by atoms with Gasteiger partial charge in [0.15, 0.2) is 5.82 Å². The molecule has 22 heavy (non-hydrogen) atoms. The Morgan fingerprint density at radius 2 is 1.77 bits per heavy atom. The van der Waals surface area contributed by atoms with Gasteiger partial charge in [-0.1, -0.05) is 25.9 Å². The van der Waals surface area contributed by atoms with Crippen molar-refractivity contribution < 1.29 is 13.3 Å². The Bertz CT molecular complexity index is 771. The van der Waals surface area contributed by atoms with E-state index in [1.165, 1.54) is 12.1 Å². The molecular formula is C15H15FN4O2. The average molecular weight is 302 g/mol. The van der Waals surface area contributed by atoms with Crippen molar-refractivity contribution in [2.75, 3.05) is 0 Å². The molecule has 0 spiro atoms. The number of aromatic nitrogens is 4. The van der Waals surface area contributed by atoms with Crippen LogP contribution in [-0.2, 0) is 11.8 Å². The lowest BCUT2D eigenvalue weighted by Crippen LogP contribution is -2.13. The maximum Gasteiger partial charge on any atom is 0.247 e. The van der Waals surface area contributed by atoms with Crippen LogP contribution in [0.25, 0.3) is 11.5 Å². The fraction of sp³-hybridized carbons (Fsp3) is 0.333. The standard InChI is InChI=1S/C15H15FN4O2/c1-15(2,3)14-17-11(22-20-14)8-12-18-19-13(21-12)9-4-6-10(16)7-5-9/h4-7H,8H2,1-3H3. The molecule has 7 heteroatoms. The summed E-state index contributed by atoms with van der Waals surface area (Å²) in [5, 5.41) is 11.8. The van der Waals surface area contributed by atoms with Crippen LogP contribution < -0.4 is 0 Å². The van der Waals surface area contributed by atoms with E-state index >= 15 is 0 Å². The van der Waals surface area contributed by atoms with Crippen LogP contribution in [0.4, 0.5) is 4.39 Å². The van der Waals surface area contributed by atoms with Gasteiger partial charge in [0.1, 0.15) is 12.2 Å². The summed E-state index contributed by atoms with van der Waals surface area (Å²) in [7, 11) is 0. The Labute approximate surface area is 126 Å². The molecular weight excluding hydrogens is 287 g/mol. The first-order valence-corrected chi connectivity index (χ1v) is 6.83. The summed E-state index contributed by atoms with van der Waals surface area (Å²) in [4.78, 5) is 4.32. The SMILES string of the molecule is CC(C)(C)c1noc(Cc2nnc(-c3ccc(F)cc3)o2)n1. The van der Waals surface area contributed by atoms with E-state index in [2.05, 4.69) is 20.3 Å². The number of hydrogen-bond acceptors (Lipinski definition) is 6. The van der Waals surface area contributed by atoms with Crippen LogP contribution in [0.15, 0.2) is 33.2 Å². The van der Waals surface area contributed by atoms with E-state index in [1.54, 1.807) is 12.1 Å². The molecule has 0 aliphatic rings. The van der Waals surface area contributed by atoms with Crippen molar-refractivity contribution in [1.82, 2.24) is 20.3 Å².